The van der Waals surface area contributed by atoms with Gasteiger partial charge in [0.05, 0.1) is 6.61 Å². The molecule has 1 aliphatic rings. The standard InChI is InChI=1S/C17H28N2O/c1-19-12-6-5-9-17(19)10-11-18-16(14-20)13-15-7-3-2-4-8-15/h2-4,7-8,16-18,20H,5-6,9-14H2,1H3. The summed E-state index contributed by atoms with van der Waals surface area (Å²) in [5, 5.41) is 13.0. The minimum absolute atomic E-state index is 0.172. The summed E-state index contributed by atoms with van der Waals surface area (Å²) < 4.78 is 0. The third-order valence-electron chi connectivity index (χ3n) is 4.38. The molecule has 2 atom stereocenters. The Balaban J connectivity index is 1.71. The predicted molar refractivity (Wildman–Crippen MR) is 83.9 cm³/mol. The molecule has 0 aromatic heterocycles. The van der Waals surface area contributed by atoms with E-state index >= 15 is 0 Å². The number of nitrogens with one attached hydrogen (secondary N) is 1. The summed E-state index contributed by atoms with van der Waals surface area (Å²) in [7, 11) is 2.23. The van der Waals surface area contributed by atoms with E-state index in [1.807, 2.05) is 6.07 Å². The van der Waals surface area contributed by atoms with E-state index in [4.69, 9.17) is 0 Å². The predicted octanol–water partition coefficient (Wildman–Crippen LogP) is 2.05. The largest absolute Gasteiger partial charge is 0.395 e. The molecule has 1 aromatic rings. The van der Waals surface area contributed by atoms with Crippen LogP contribution in [0.4, 0.5) is 0 Å². The van der Waals surface area contributed by atoms with Crippen molar-refractivity contribution in [2.75, 3.05) is 26.7 Å². The number of aliphatic hydroxyl groups is 1. The van der Waals surface area contributed by atoms with Gasteiger partial charge in [-0.05, 0) is 51.4 Å². The first-order valence-electron chi connectivity index (χ1n) is 7.88. The first-order valence-corrected chi connectivity index (χ1v) is 7.88. The van der Waals surface area contributed by atoms with Gasteiger partial charge in [-0.3, -0.25) is 0 Å². The Morgan fingerprint density at radius 1 is 1.30 bits per heavy atom. The molecule has 2 rings (SSSR count). The zero-order valence-corrected chi connectivity index (χ0v) is 12.6. The van der Waals surface area contributed by atoms with E-state index in [1.54, 1.807) is 0 Å². The van der Waals surface area contributed by atoms with Gasteiger partial charge in [0.25, 0.3) is 0 Å². The van der Waals surface area contributed by atoms with Crippen molar-refractivity contribution in [1.29, 1.82) is 0 Å². The molecule has 1 fully saturated rings. The minimum Gasteiger partial charge on any atom is -0.395 e. The molecule has 112 valence electrons. The van der Waals surface area contributed by atoms with Crippen LogP contribution in [0.1, 0.15) is 31.2 Å². The molecule has 3 heteroatoms. The van der Waals surface area contributed by atoms with Crippen molar-refractivity contribution < 1.29 is 5.11 Å². The molecular weight excluding hydrogens is 248 g/mol. The van der Waals surface area contributed by atoms with E-state index in [0.29, 0.717) is 6.04 Å². The average molecular weight is 276 g/mol. The van der Waals surface area contributed by atoms with Crippen LogP contribution in [0.25, 0.3) is 0 Å². The van der Waals surface area contributed by atoms with Gasteiger partial charge in [-0.2, -0.15) is 0 Å². The van der Waals surface area contributed by atoms with Crippen LogP contribution in [0.5, 0.6) is 0 Å². The van der Waals surface area contributed by atoms with Crippen LogP contribution in [0, 0.1) is 0 Å². The Morgan fingerprint density at radius 3 is 2.80 bits per heavy atom. The van der Waals surface area contributed by atoms with Crippen molar-refractivity contribution >= 4 is 0 Å². The fraction of sp³-hybridized carbons (Fsp3) is 0.647. The van der Waals surface area contributed by atoms with Crippen molar-refractivity contribution in [2.45, 2.75) is 44.2 Å². The number of likely N-dealkylation sites (tertiary alicyclic amines) is 1. The molecule has 0 radical (unpaired) electrons. The summed E-state index contributed by atoms with van der Waals surface area (Å²) in [6, 6.07) is 11.3. The highest BCUT2D eigenvalue weighted by molar-refractivity contribution is 5.15. The van der Waals surface area contributed by atoms with Crippen LogP contribution < -0.4 is 5.32 Å². The molecule has 3 nitrogen and oxygen atoms in total. The topological polar surface area (TPSA) is 35.5 Å². The monoisotopic (exact) mass is 276 g/mol. The van der Waals surface area contributed by atoms with Gasteiger partial charge in [-0.25, -0.2) is 0 Å². The Kier molecular flexibility index (Phi) is 6.51. The first-order chi connectivity index (χ1) is 9.79. The lowest BCUT2D eigenvalue weighted by Crippen LogP contribution is -2.41. The van der Waals surface area contributed by atoms with E-state index in [0.717, 1.165) is 13.0 Å². The normalized spacial score (nSPS) is 21.8. The molecule has 1 heterocycles. The fourth-order valence-corrected chi connectivity index (χ4v) is 3.06. The smallest absolute Gasteiger partial charge is 0.0587 e. The summed E-state index contributed by atoms with van der Waals surface area (Å²) in [5.41, 5.74) is 1.29. The first kappa shape index (κ1) is 15.5. The van der Waals surface area contributed by atoms with Crippen LogP contribution in [0.15, 0.2) is 30.3 Å². The maximum atomic E-state index is 9.50. The van der Waals surface area contributed by atoms with E-state index in [2.05, 4.69) is 41.5 Å². The zero-order valence-electron chi connectivity index (χ0n) is 12.6. The van der Waals surface area contributed by atoms with Gasteiger partial charge in [-0.15, -0.1) is 0 Å². The van der Waals surface area contributed by atoms with Gasteiger partial charge in [0.1, 0.15) is 0 Å². The lowest BCUT2D eigenvalue weighted by Gasteiger charge is -2.33. The molecule has 0 bridgehead atoms. The molecule has 1 aliphatic heterocycles. The number of nitrogens with zero attached hydrogens (tertiary/aromatic N) is 1. The van der Waals surface area contributed by atoms with Gasteiger partial charge in [0, 0.05) is 12.1 Å². The lowest BCUT2D eigenvalue weighted by atomic mass is 10.00. The van der Waals surface area contributed by atoms with E-state index in [1.165, 1.54) is 37.8 Å². The number of piperidine rings is 1. The zero-order chi connectivity index (χ0) is 14.2. The molecule has 1 aromatic carbocycles. The Hall–Kier alpha value is -0.900. The number of benzene rings is 1. The Labute approximate surface area is 123 Å². The number of rotatable bonds is 7. The van der Waals surface area contributed by atoms with Gasteiger partial charge in [0.2, 0.25) is 0 Å². The highest BCUT2D eigenvalue weighted by Crippen LogP contribution is 2.17. The van der Waals surface area contributed by atoms with Crippen molar-refractivity contribution in [2.24, 2.45) is 0 Å². The van der Waals surface area contributed by atoms with Crippen LogP contribution in [-0.2, 0) is 6.42 Å². The van der Waals surface area contributed by atoms with Crippen LogP contribution in [-0.4, -0.2) is 48.8 Å². The van der Waals surface area contributed by atoms with Crippen LogP contribution >= 0.6 is 0 Å². The number of aliphatic hydroxyl groups excluding tert-OH is 1. The molecule has 0 aliphatic carbocycles. The Morgan fingerprint density at radius 2 is 2.10 bits per heavy atom. The number of hydrogen-bond acceptors (Lipinski definition) is 3. The molecular formula is C17H28N2O. The van der Waals surface area contributed by atoms with Crippen LogP contribution in [0.2, 0.25) is 0 Å². The van der Waals surface area contributed by atoms with E-state index in [9.17, 15) is 5.11 Å². The summed E-state index contributed by atoms with van der Waals surface area (Å²) in [4.78, 5) is 2.48. The van der Waals surface area contributed by atoms with E-state index < -0.39 is 0 Å². The summed E-state index contributed by atoms with van der Waals surface area (Å²) in [5.74, 6) is 0. The molecule has 2 N–H and O–H groups in total. The van der Waals surface area contributed by atoms with Crippen LogP contribution in [0.3, 0.4) is 0 Å². The second-order valence-corrected chi connectivity index (χ2v) is 5.94. The molecule has 2 unspecified atom stereocenters. The fourth-order valence-electron chi connectivity index (χ4n) is 3.06. The third kappa shape index (κ3) is 4.89. The molecule has 20 heavy (non-hydrogen) atoms. The molecule has 0 saturated carbocycles. The van der Waals surface area contributed by atoms with Gasteiger partial charge in [0.15, 0.2) is 0 Å². The SMILES string of the molecule is CN1CCCCC1CCNC(CO)Cc1ccccc1. The number of hydrogen-bond donors (Lipinski definition) is 2. The second kappa shape index (κ2) is 8.40. The highest BCUT2D eigenvalue weighted by atomic mass is 16.3. The van der Waals surface area contributed by atoms with Gasteiger partial charge < -0.3 is 15.3 Å². The summed E-state index contributed by atoms with van der Waals surface area (Å²) in [6.07, 6.45) is 6.11. The van der Waals surface area contributed by atoms with Crippen molar-refractivity contribution in [3.63, 3.8) is 0 Å². The second-order valence-electron chi connectivity index (χ2n) is 5.94. The summed E-state index contributed by atoms with van der Waals surface area (Å²) >= 11 is 0. The highest BCUT2D eigenvalue weighted by Gasteiger charge is 2.18. The molecule has 0 spiro atoms. The van der Waals surface area contributed by atoms with Gasteiger partial charge in [-0.1, -0.05) is 36.8 Å². The maximum absolute atomic E-state index is 9.50. The van der Waals surface area contributed by atoms with Crippen molar-refractivity contribution in [3.05, 3.63) is 35.9 Å². The molecule has 0 amide bonds. The van der Waals surface area contributed by atoms with Crippen molar-refractivity contribution in [3.8, 4) is 0 Å². The Bertz CT molecular complexity index is 369. The maximum Gasteiger partial charge on any atom is 0.0587 e. The van der Waals surface area contributed by atoms with Gasteiger partial charge >= 0.3 is 0 Å². The molecule has 1 saturated heterocycles. The lowest BCUT2D eigenvalue weighted by molar-refractivity contribution is 0.171. The van der Waals surface area contributed by atoms with E-state index in [-0.39, 0.29) is 12.6 Å². The van der Waals surface area contributed by atoms with Crippen molar-refractivity contribution in [1.82, 2.24) is 10.2 Å². The summed E-state index contributed by atoms with van der Waals surface area (Å²) in [6.45, 7) is 2.43. The third-order valence-corrected chi connectivity index (χ3v) is 4.38. The minimum atomic E-state index is 0.172. The quantitative estimate of drug-likeness (QED) is 0.800. The average Bonchev–Trinajstić information content (AvgIpc) is 2.49.